The zero-order chi connectivity index (χ0) is 16.4. The lowest BCUT2D eigenvalue weighted by atomic mass is 10.0. The molecule has 0 aliphatic carbocycles. The van der Waals surface area contributed by atoms with Crippen LogP contribution in [0.2, 0.25) is 0 Å². The van der Waals surface area contributed by atoms with Crippen LogP contribution in [0.5, 0.6) is 17.2 Å². The molecule has 0 amide bonds. The van der Waals surface area contributed by atoms with E-state index >= 15 is 0 Å². The van der Waals surface area contributed by atoms with Crippen molar-refractivity contribution in [1.29, 1.82) is 0 Å². The van der Waals surface area contributed by atoms with Crippen LogP contribution in [-0.4, -0.2) is 18.4 Å². The standard InChI is InChI=1S/C16H15NO5S/c1-19-15-11-5-3-4-6-12(11)16(20-2)14-9-10(7-8-13(14)15)21-23(18)22-17/h3-9H,17H2,1-2H3. The van der Waals surface area contributed by atoms with Gasteiger partial charge in [-0.1, -0.05) is 24.3 Å². The molecule has 0 radical (unpaired) electrons. The van der Waals surface area contributed by atoms with Gasteiger partial charge in [-0.15, -0.1) is 0 Å². The molecule has 3 rings (SSSR count). The van der Waals surface area contributed by atoms with E-state index in [1.807, 2.05) is 30.3 Å². The van der Waals surface area contributed by atoms with E-state index in [-0.39, 0.29) is 0 Å². The van der Waals surface area contributed by atoms with Crippen molar-refractivity contribution in [2.75, 3.05) is 14.2 Å². The summed E-state index contributed by atoms with van der Waals surface area (Å²) in [5.41, 5.74) is 0. The maximum atomic E-state index is 11.3. The summed E-state index contributed by atoms with van der Waals surface area (Å²) in [7, 11) is 3.22. The fourth-order valence-electron chi connectivity index (χ4n) is 2.67. The number of rotatable bonds is 5. The maximum Gasteiger partial charge on any atom is 0.377 e. The summed E-state index contributed by atoms with van der Waals surface area (Å²) >= 11 is -2.06. The molecule has 0 aliphatic rings. The number of hydrogen-bond donors (Lipinski definition) is 1. The summed E-state index contributed by atoms with van der Waals surface area (Å²) in [6.45, 7) is 0. The molecule has 7 heteroatoms. The Balaban J connectivity index is 2.33. The van der Waals surface area contributed by atoms with Crippen molar-refractivity contribution in [2.45, 2.75) is 0 Å². The first-order valence-electron chi connectivity index (χ1n) is 6.73. The van der Waals surface area contributed by atoms with Crippen LogP contribution in [0.15, 0.2) is 42.5 Å². The highest BCUT2D eigenvalue weighted by molar-refractivity contribution is 7.75. The Kier molecular flexibility index (Phi) is 4.33. The van der Waals surface area contributed by atoms with Crippen LogP contribution in [0.1, 0.15) is 0 Å². The van der Waals surface area contributed by atoms with Gasteiger partial charge in [-0.25, -0.2) is 0 Å². The van der Waals surface area contributed by atoms with Gasteiger partial charge in [0.15, 0.2) is 0 Å². The average molecular weight is 333 g/mol. The number of benzene rings is 3. The van der Waals surface area contributed by atoms with E-state index in [4.69, 9.17) is 19.6 Å². The van der Waals surface area contributed by atoms with Gasteiger partial charge in [0.2, 0.25) is 0 Å². The van der Waals surface area contributed by atoms with Crippen LogP contribution in [0, 0.1) is 0 Å². The Labute approximate surface area is 135 Å². The van der Waals surface area contributed by atoms with E-state index in [1.54, 1.807) is 26.4 Å². The molecule has 0 fully saturated rings. The molecule has 0 aromatic heterocycles. The van der Waals surface area contributed by atoms with Gasteiger partial charge < -0.3 is 13.7 Å². The van der Waals surface area contributed by atoms with Gasteiger partial charge >= 0.3 is 11.4 Å². The number of hydrogen-bond acceptors (Lipinski definition) is 6. The molecule has 3 aromatic rings. The topological polar surface area (TPSA) is 80.0 Å². The molecule has 0 spiro atoms. The molecule has 0 aliphatic heterocycles. The zero-order valence-corrected chi connectivity index (χ0v) is 13.4. The van der Waals surface area contributed by atoms with Gasteiger partial charge in [-0.05, 0) is 18.2 Å². The molecule has 3 aromatic carbocycles. The molecule has 0 saturated heterocycles. The second-order valence-corrected chi connectivity index (χ2v) is 5.47. The highest BCUT2D eigenvalue weighted by atomic mass is 32.2. The van der Waals surface area contributed by atoms with E-state index in [2.05, 4.69) is 4.28 Å². The van der Waals surface area contributed by atoms with Gasteiger partial charge in [-0.3, -0.25) is 0 Å². The van der Waals surface area contributed by atoms with Gasteiger partial charge in [0.1, 0.15) is 17.2 Å². The van der Waals surface area contributed by atoms with Crippen molar-refractivity contribution in [1.82, 2.24) is 0 Å². The predicted octanol–water partition coefficient (Wildman–Crippen LogP) is 2.86. The van der Waals surface area contributed by atoms with E-state index in [9.17, 15) is 4.21 Å². The van der Waals surface area contributed by atoms with Gasteiger partial charge in [0.25, 0.3) is 0 Å². The molecule has 6 nitrogen and oxygen atoms in total. The number of methoxy groups -OCH3 is 2. The first-order valence-corrected chi connectivity index (χ1v) is 7.73. The normalized spacial score (nSPS) is 12.3. The first-order chi connectivity index (χ1) is 11.2. The van der Waals surface area contributed by atoms with Gasteiger partial charge in [0, 0.05) is 21.5 Å². The van der Waals surface area contributed by atoms with Gasteiger partial charge in [0.05, 0.1) is 14.2 Å². The minimum absolute atomic E-state index is 0.344. The van der Waals surface area contributed by atoms with Crippen molar-refractivity contribution in [3.63, 3.8) is 0 Å². The van der Waals surface area contributed by atoms with Crippen LogP contribution >= 0.6 is 0 Å². The maximum absolute atomic E-state index is 11.3. The lowest BCUT2D eigenvalue weighted by Gasteiger charge is -2.15. The highest BCUT2D eigenvalue weighted by Crippen LogP contribution is 2.43. The van der Waals surface area contributed by atoms with Crippen LogP contribution in [-0.2, 0) is 15.6 Å². The Morgan fingerprint density at radius 3 is 2.00 bits per heavy atom. The highest BCUT2D eigenvalue weighted by Gasteiger charge is 2.16. The molecule has 1 atom stereocenters. The second-order valence-electron chi connectivity index (χ2n) is 4.70. The summed E-state index contributed by atoms with van der Waals surface area (Å²) in [6, 6.07) is 13.0. The smallest absolute Gasteiger partial charge is 0.377 e. The average Bonchev–Trinajstić information content (AvgIpc) is 2.59. The van der Waals surface area contributed by atoms with E-state index in [1.165, 1.54) is 0 Å². The minimum Gasteiger partial charge on any atom is -0.495 e. The van der Waals surface area contributed by atoms with E-state index < -0.39 is 11.4 Å². The van der Waals surface area contributed by atoms with Crippen LogP contribution in [0.4, 0.5) is 0 Å². The Bertz CT molecular complexity index is 896. The molecule has 1 unspecified atom stereocenters. The summed E-state index contributed by atoms with van der Waals surface area (Å²) < 4.78 is 31.7. The Morgan fingerprint density at radius 1 is 0.870 bits per heavy atom. The lowest BCUT2D eigenvalue weighted by molar-refractivity contribution is 0.324. The van der Waals surface area contributed by atoms with Crippen molar-refractivity contribution in [2.24, 2.45) is 5.90 Å². The third-order valence-electron chi connectivity index (χ3n) is 3.55. The quantitative estimate of drug-likeness (QED) is 0.571. The Hall–Kier alpha value is -2.35. The summed E-state index contributed by atoms with van der Waals surface area (Å²) in [5.74, 6) is 6.60. The third-order valence-corrected chi connectivity index (χ3v) is 4.03. The molecule has 0 bridgehead atoms. The molecule has 0 heterocycles. The fourth-order valence-corrected chi connectivity index (χ4v) is 2.97. The summed E-state index contributed by atoms with van der Waals surface area (Å²) in [6.07, 6.45) is 0. The Morgan fingerprint density at radius 2 is 1.43 bits per heavy atom. The zero-order valence-electron chi connectivity index (χ0n) is 12.6. The summed E-state index contributed by atoms with van der Waals surface area (Å²) in [5, 5.41) is 3.49. The number of fused-ring (bicyclic) bond motifs is 2. The van der Waals surface area contributed by atoms with Crippen LogP contribution < -0.4 is 19.6 Å². The number of ether oxygens (including phenoxy) is 2. The molecule has 0 saturated carbocycles. The van der Waals surface area contributed by atoms with Crippen molar-refractivity contribution < 1.29 is 22.1 Å². The predicted molar refractivity (Wildman–Crippen MR) is 88.6 cm³/mol. The van der Waals surface area contributed by atoms with Crippen LogP contribution in [0.3, 0.4) is 0 Å². The van der Waals surface area contributed by atoms with Gasteiger partial charge in [-0.2, -0.15) is 14.4 Å². The molecule has 120 valence electrons. The van der Waals surface area contributed by atoms with Crippen LogP contribution in [0.25, 0.3) is 21.5 Å². The minimum atomic E-state index is -2.06. The molecule has 2 N–H and O–H groups in total. The van der Waals surface area contributed by atoms with E-state index in [0.717, 1.165) is 27.3 Å². The monoisotopic (exact) mass is 333 g/mol. The molecular weight excluding hydrogens is 318 g/mol. The largest absolute Gasteiger partial charge is 0.495 e. The number of nitrogens with two attached hydrogens (primary N) is 1. The third kappa shape index (κ3) is 2.70. The van der Waals surface area contributed by atoms with Crippen molar-refractivity contribution in [3.05, 3.63) is 42.5 Å². The molecular formula is C16H15NO5S. The first kappa shape index (κ1) is 15.5. The lowest BCUT2D eigenvalue weighted by Crippen LogP contribution is -2.09. The summed E-state index contributed by atoms with van der Waals surface area (Å²) in [4.78, 5) is 0. The fraction of sp³-hybridized carbons (Fsp3) is 0.125. The van der Waals surface area contributed by atoms with Crippen molar-refractivity contribution in [3.8, 4) is 17.2 Å². The van der Waals surface area contributed by atoms with E-state index in [0.29, 0.717) is 11.5 Å². The van der Waals surface area contributed by atoms with Crippen molar-refractivity contribution >= 4 is 32.9 Å². The SMILES string of the molecule is COc1c2ccccc2c(OC)c2cc(OS(=O)ON)ccc12. The second kappa shape index (κ2) is 6.41. The molecule has 23 heavy (non-hydrogen) atoms.